The maximum atomic E-state index is 10.8. The average Bonchev–Trinajstić information content (AvgIpc) is 2.28. The Morgan fingerprint density at radius 1 is 1.38 bits per heavy atom. The van der Waals surface area contributed by atoms with Crippen molar-refractivity contribution in [2.75, 3.05) is 5.75 Å². The first-order chi connectivity index (χ1) is 7.63. The van der Waals surface area contributed by atoms with E-state index in [1.54, 1.807) is 17.8 Å². The summed E-state index contributed by atoms with van der Waals surface area (Å²) in [5.74, 6) is 5.66. The van der Waals surface area contributed by atoms with Gasteiger partial charge in [0, 0.05) is 11.3 Å². The van der Waals surface area contributed by atoms with Gasteiger partial charge in [-0.25, -0.2) is 5.84 Å². The molecule has 0 aliphatic heterocycles. The first kappa shape index (κ1) is 13.6. The van der Waals surface area contributed by atoms with Crippen LogP contribution in [0.1, 0.15) is 12.8 Å². The molecule has 1 aromatic carbocycles. The highest BCUT2D eigenvalue weighted by atomic mass is 35.5. The first-order valence-corrected chi connectivity index (χ1v) is 6.45. The van der Waals surface area contributed by atoms with Gasteiger partial charge in [0.15, 0.2) is 0 Å². The van der Waals surface area contributed by atoms with Gasteiger partial charge in [-0.05, 0) is 30.4 Å². The number of benzene rings is 1. The molecule has 0 heterocycles. The van der Waals surface area contributed by atoms with Crippen LogP contribution < -0.4 is 11.3 Å². The molecule has 0 saturated carbocycles. The Kier molecular flexibility index (Phi) is 5.98. The molecule has 0 spiro atoms. The SMILES string of the molecule is NNC(=O)CCCSc1ccc(Cl)c(Cl)c1. The van der Waals surface area contributed by atoms with Crippen LogP contribution in [-0.4, -0.2) is 11.7 Å². The van der Waals surface area contributed by atoms with Crippen molar-refractivity contribution in [1.82, 2.24) is 5.43 Å². The van der Waals surface area contributed by atoms with E-state index in [1.165, 1.54) is 0 Å². The minimum atomic E-state index is -0.144. The summed E-state index contributed by atoms with van der Waals surface area (Å²) in [7, 11) is 0. The number of amides is 1. The van der Waals surface area contributed by atoms with Crippen LogP contribution in [0.3, 0.4) is 0 Å². The van der Waals surface area contributed by atoms with Gasteiger partial charge in [-0.15, -0.1) is 11.8 Å². The van der Waals surface area contributed by atoms with Gasteiger partial charge in [-0.3, -0.25) is 10.2 Å². The van der Waals surface area contributed by atoms with Gasteiger partial charge in [0.25, 0.3) is 0 Å². The number of carbonyl (C=O) groups is 1. The van der Waals surface area contributed by atoms with Crippen molar-refractivity contribution >= 4 is 40.9 Å². The third-order valence-electron chi connectivity index (χ3n) is 1.87. The fourth-order valence-corrected chi connectivity index (χ4v) is 2.31. The van der Waals surface area contributed by atoms with Crippen LogP contribution in [0.4, 0.5) is 0 Å². The highest BCUT2D eigenvalue weighted by Gasteiger charge is 2.01. The maximum Gasteiger partial charge on any atom is 0.233 e. The van der Waals surface area contributed by atoms with Crippen LogP contribution in [-0.2, 0) is 4.79 Å². The highest BCUT2D eigenvalue weighted by Crippen LogP contribution is 2.28. The molecule has 6 heteroatoms. The van der Waals surface area contributed by atoms with Crippen molar-refractivity contribution in [2.24, 2.45) is 5.84 Å². The van der Waals surface area contributed by atoms with E-state index in [2.05, 4.69) is 5.43 Å². The second-order valence-electron chi connectivity index (χ2n) is 3.10. The summed E-state index contributed by atoms with van der Waals surface area (Å²) < 4.78 is 0. The number of halogens is 2. The summed E-state index contributed by atoms with van der Waals surface area (Å²) in [6, 6.07) is 5.48. The molecule has 0 aliphatic carbocycles. The Morgan fingerprint density at radius 3 is 2.75 bits per heavy atom. The Labute approximate surface area is 109 Å². The summed E-state index contributed by atoms with van der Waals surface area (Å²) in [5.41, 5.74) is 2.09. The molecule has 0 aliphatic rings. The van der Waals surface area contributed by atoms with Gasteiger partial charge in [-0.2, -0.15) is 0 Å². The van der Waals surface area contributed by atoms with E-state index >= 15 is 0 Å². The van der Waals surface area contributed by atoms with Crippen molar-refractivity contribution < 1.29 is 4.79 Å². The molecule has 88 valence electrons. The fraction of sp³-hybridized carbons (Fsp3) is 0.300. The molecule has 0 aromatic heterocycles. The summed E-state index contributed by atoms with van der Waals surface area (Å²) >= 11 is 13.3. The lowest BCUT2D eigenvalue weighted by molar-refractivity contribution is -0.121. The summed E-state index contributed by atoms with van der Waals surface area (Å²) in [5, 5.41) is 1.10. The van der Waals surface area contributed by atoms with Gasteiger partial charge < -0.3 is 0 Å². The standard InChI is InChI=1S/C10H12Cl2N2OS/c11-8-4-3-7(6-9(8)12)16-5-1-2-10(15)14-13/h3-4,6H,1-2,5,13H2,(H,14,15). The Morgan fingerprint density at radius 2 is 2.12 bits per heavy atom. The lowest BCUT2D eigenvalue weighted by Gasteiger charge is -2.03. The minimum absolute atomic E-state index is 0.144. The fourth-order valence-electron chi connectivity index (χ4n) is 1.06. The lowest BCUT2D eigenvalue weighted by Crippen LogP contribution is -2.29. The van der Waals surface area contributed by atoms with Crippen molar-refractivity contribution in [1.29, 1.82) is 0 Å². The number of nitrogens with two attached hydrogens (primary N) is 1. The average molecular weight is 279 g/mol. The minimum Gasteiger partial charge on any atom is -0.294 e. The second kappa shape index (κ2) is 7.01. The molecule has 1 aromatic rings. The summed E-state index contributed by atoms with van der Waals surface area (Å²) in [6.07, 6.45) is 1.21. The van der Waals surface area contributed by atoms with Gasteiger partial charge in [0.2, 0.25) is 5.91 Å². The molecule has 1 rings (SSSR count). The van der Waals surface area contributed by atoms with E-state index in [0.717, 1.165) is 17.1 Å². The van der Waals surface area contributed by atoms with Crippen LogP contribution in [0, 0.1) is 0 Å². The normalized spacial score (nSPS) is 10.2. The molecule has 0 saturated heterocycles. The van der Waals surface area contributed by atoms with E-state index < -0.39 is 0 Å². The largest absolute Gasteiger partial charge is 0.294 e. The number of hydrazine groups is 1. The molecule has 0 radical (unpaired) electrons. The number of rotatable bonds is 5. The quantitative estimate of drug-likeness (QED) is 0.286. The highest BCUT2D eigenvalue weighted by molar-refractivity contribution is 7.99. The number of nitrogens with one attached hydrogen (secondary N) is 1. The van der Waals surface area contributed by atoms with Crippen LogP contribution in [0.2, 0.25) is 10.0 Å². The molecule has 0 unspecified atom stereocenters. The summed E-state index contributed by atoms with van der Waals surface area (Å²) in [6.45, 7) is 0. The molecular formula is C10H12Cl2N2OS. The number of hydrogen-bond donors (Lipinski definition) is 2. The molecule has 3 nitrogen and oxygen atoms in total. The third-order valence-corrected chi connectivity index (χ3v) is 3.69. The van der Waals surface area contributed by atoms with E-state index in [9.17, 15) is 4.79 Å². The monoisotopic (exact) mass is 278 g/mol. The third kappa shape index (κ3) is 4.61. The summed E-state index contributed by atoms with van der Waals surface area (Å²) in [4.78, 5) is 11.9. The lowest BCUT2D eigenvalue weighted by atomic mass is 10.3. The van der Waals surface area contributed by atoms with Crippen LogP contribution in [0.25, 0.3) is 0 Å². The molecule has 0 bridgehead atoms. The predicted octanol–water partition coefficient (Wildman–Crippen LogP) is 2.86. The van der Waals surface area contributed by atoms with Crippen molar-refractivity contribution in [3.8, 4) is 0 Å². The predicted molar refractivity (Wildman–Crippen MR) is 68.8 cm³/mol. The molecule has 0 fully saturated rings. The van der Waals surface area contributed by atoms with Gasteiger partial charge in [0.1, 0.15) is 0 Å². The second-order valence-corrected chi connectivity index (χ2v) is 5.08. The molecular weight excluding hydrogens is 267 g/mol. The van der Waals surface area contributed by atoms with E-state index in [4.69, 9.17) is 29.0 Å². The Bertz CT molecular complexity index is 374. The van der Waals surface area contributed by atoms with Gasteiger partial charge >= 0.3 is 0 Å². The van der Waals surface area contributed by atoms with E-state index in [-0.39, 0.29) is 5.91 Å². The topological polar surface area (TPSA) is 55.1 Å². The molecule has 1 amide bonds. The number of hydrogen-bond acceptors (Lipinski definition) is 3. The van der Waals surface area contributed by atoms with Crippen molar-refractivity contribution in [3.05, 3.63) is 28.2 Å². The molecule has 3 N–H and O–H groups in total. The molecule has 0 atom stereocenters. The smallest absolute Gasteiger partial charge is 0.233 e. The van der Waals surface area contributed by atoms with Crippen molar-refractivity contribution in [2.45, 2.75) is 17.7 Å². The zero-order chi connectivity index (χ0) is 12.0. The zero-order valence-corrected chi connectivity index (χ0v) is 10.8. The Balaban J connectivity index is 2.32. The maximum absolute atomic E-state index is 10.8. The van der Waals surface area contributed by atoms with E-state index in [0.29, 0.717) is 16.5 Å². The first-order valence-electron chi connectivity index (χ1n) is 4.71. The Hall–Kier alpha value is -0.420. The zero-order valence-electron chi connectivity index (χ0n) is 8.50. The molecule has 16 heavy (non-hydrogen) atoms. The van der Waals surface area contributed by atoms with Crippen LogP contribution in [0.15, 0.2) is 23.1 Å². The van der Waals surface area contributed by atoms with Crippen molar-refractivity contribution in [3.63, 3.8) is 0 Å². The number of thioether (sulfide) groups is 1. The van der Waals surface area contributed by atoms with Gasteiger partial charge in [-0.1, -0.05) is 23.2 Å². The van der Waals surface area contributed by atoms with E-state index in [1.807, 2.05) is 12.1 Å². The van der Waals surface area contributed by atoms with Crippen LogP contribution in [0.5, 0.6) is 0 Å². The van der Waals surface area contributed by atoms with Crippen LogP contribution >= 0.6 is 35.0 Å². The van der Waals surface area contributed by atoms with Gasteiger partial charge in [0.05, 0.1) is 10.0 Å². The number of carbonyl (C=O) groups excluding carboxylic acids is 1.